The number of hydrogen-bond acceptors (Lipinski definition) is 3. The van der Waals surface area contributed by atoms with Crippen LogP contribution in [0.4, 0.5) is 5.82 Å². The molecule has 0 unspecified atom stereocenters. The lowest BCUT2D eigenvalue weighted by atomic mass is 10.3. The van der Waals surface area contributed by atoms with Gasteiger partial charge in [-0.2, -0.15) is 0 Å². The van der Waals surface area contributed by atoms with Crippen LogP contribution in [0, 0.1) is 6.92 Å². The molecule has 0 fully saturated rings. The quantitative estimate of drug-likeness (QED) is 0.748. The van der Waals surface area contributed by atoms with Crippen LogP contribution >= 0.6 is 0 Å². The fourth-order valence-corrected chi connectivity index (χ4v) is 2.03. The Labute approximate surface area is 121 Å². The molecule has 0 atom stereocenters. The smallest absolute Gasteiger partial charge is 0.280 e. The lowest BCUT2D eigenvalue weighted by molar-refractivity contribution is 0.835. The summed E-state index contributed by atoms with van der Waals surface area (Å²) in [5.41, 5.74) is 1.97. The van der Waals surface area contributed by atoms with Crippen molar-refractivity contribution in [3.8, 4) is 5.69 Å². The summed E-state index contributed by atoms with van der Waals surface area (Å²) in [5, 5.41) is 3.06. The van der Waals surface area contributed by atoms with Crippen molar-refractivity contribution in [2.45, 2.75) is 6.92 Å². The fraction of sp³-hybridized carbons (Fsp3) is 0.0625. The minimum atomic E-state index is -0.126. The zero-order chi connectivity index (χ0) is 14.7. The predicted octanol–water partition coefficient (Wildman–Crippen LogP) is 2.62. The molecule has 0 amide bonds. The maximum Gasteiger partial charge on any atom is 0.280 e. The summed E-state index contributed by atoms with van der Waals surface area (Å²) in [5.74, 6) is 0.573. The maximum absolute atomic E-state index is 12.4. The monoisotopic (exact) mass is 278 g/mol. The van der Waals surface area contributed by atoms with Crippen LogP contribution in [0.15, 0.2) is 64.5 Å². The highest BCUT2D eigenvalue weighted by Gasteiger charge is 2.10. The summed E-state index contributed by atoms with van der Waals surface area (Å²) in [6.45, 7) is 1.85. The van der Waals surface area contributed by atoms with Crippen molar-refractivity contribution in [1.82, 2.24) is 14.8 Å². The summed E-state index contributed by atoms with van der Waals surface area (Å²) in [4.78, 5) is 20.8. The highest BCUT2D eigenvalue weighted by molar-refractivity contribution is 5.82. The molecule has 0 aliphatic heterocycles. The molecule has 2 aromatic heterocycles. The third kappa shape index (κ3) is 2.67. The van der Waals surface area contributed by atoms with E-state index in [4.69, 9.17) is 0 Å². The van der Waals surface area contributed by atoms with Crippen LogP contribution in [0.5, 0.6) is 0 Å². The average molecular weight is 278 g/mol. The van der Waals surface area contributed by atoms with Crippen LogP contribution in [-0.4, -0.2) is 21.0 Å². The van der Waals surface area contributed by atoms with E-state index in [1.807, 2.05) is 49.4 Å². The van der Waals surface area contributed by atoms with Gasteiger partial charge in [-0.15, -0.1) is 0 Å². The van der Waals surface area contributed by atoms with Gasteiger partial charge in [-0.05, 0) is 31.2 Å². The van der Waals surface area contributed by atoms with Crippen molar-refractivity contribution >= 4 is 12.0 Å². The third-order valence-corrected chi connectivity index (χ3v) is 3.11. The van der Waals surface area contributed by atoms with Gasteiger partial charge in [0, 0.05) is 18.1 Å². The molecular weight excluding hydrogens is 264 g/mol. The van der Waals surface area contributed by atoms with Crippen molar-refractivity contribution in [3.05, 3.63) is 76.3 Å². The fourth-order valence-electron chi connectivity index (χ4n) is 2.03. The molecule has 5 heteroatoms. The van der Waals surface area contributed by atoms with E-state index in [-0.39, 0.29) is 5.56 Å². The van der Waals surface area contributed by atoms with Gasteiger partial charge in [-0.1, -0.05) is 24.3 Å². The Morgan fingerprint density at radius 2 is 1.90 bits per heavy atom. The third-order valence-electron chi connectivity index (χ3n) is 3.11. The van der Waals surface area contributed by atoms with Gasteiger partial charge in [-0.25, -0.2) is 14.7 Å². The molecular formula is C16H14N4O. The SMILES string of the molecule is Cc1[nH]n(-c2ccccc2)c(=O)c1C=Nc1ccccn1. The van der Waals surface area contributed by atoms with E-state index in [9.17, 15) is 4.79 Å². The summed E-state index contributed by atoms with van der Waals surface area (Å²) >= 11 is 0. The van der Waals surface area contributed by atoms with Gasteiger partial charge in [0.15, 0.2) is 5.82 Å². The van der Waals surface area contributed by atoms with Gasteiger partial charge in [0.2, 0.25) is 0 Å². The van der Waals surface area contributed by atoms with E-state index in [1.165, 1.54) is 4.68 Å². The average Bonchev–Trinajstić information content (AvgIpc) is 2.82. The number of aromatic amines is 1. The number of para-hydroxylation sites is 1. The molecule has 0 aliphatic carbocycles. The van der Waals surface area contributed by atoms with Gasteiger partial charge in [0.25, 0.3) is 5.56 Å². The van der Waals surface area contributed by atoms with E-state index < -0.39 is 0 Å². The number of nitrogens with one attached hydrogen (secondary N) is 1. The van der Waals surface area contributed by atoms with Crippen molar-refractivity contribution < 1.29 is 0 Å². The van der Waals surface area contributed by atoms with E-state index in [0.29, 0.717) is 11.4 Å². The molecule has 0 saturated heterocycles. The number of H-pyrrole nitrogens is 1. The van der Waals surface area contributed by atoms with Crippen LogP contribution in [0.25, 0.3) is 5.69 Å². The number of aromatic nitrogens is 3. The molecule has 1 aromatic carbocycles. The second-order valence-electron chi connectivity index (χ2n) is 4.57. The van der Waals surface area contributed by atoms with E-state index in [1.54, 1.807) is 18.5 Å². The molecule has 0 saturated carbocycles. The van der Waals surface area contributed by atoms with E-state index >= 15 is 0 Å². The van der Waals surface area contributed by atoms with Gasteiger partial charge in [0.1, 0.15) is 0 Å². The Bertz CT molecular complexity index is 816. The van der Waals surface area contributed by atoms with Gasteiger partial charge in [0.05, 0.1) is 11.3 Å². The molecule has 0 spiro atoms. The molecule has 5 nitrogen and oxygen atoms in total. The number of benzene rings is 1. The largest absolute Gasteiger partial charge is 0.295 e. The number of rotatable bonds is 3. The first-order valence-corrected chi connectivity index (χ1v) is 6.58. The molecule has 2 heterocycles. The van der Waals surface area contributed by atoms with Gasteiger partial charge in [-0.3, -0.25) is 9.89 Å². The summed E-state index contributed by atoms with van der Waals surface area (Å²) in [6.07, 6.45) is 3.22. The van der Waals surface area contributed by atoms with Crippen LogP contribution < -0.4 is 5.56 Å². The normalized spacial score (nSPS) is 11.1. The summed E-state index contributed by atoms with van der Waals surface area (Å²) in [7, 11) is 0. The molecule has 3 aromatic rings. The lowest BCUT2D eigenvalue weighted by Gasteiger charge is -1.99. The number of nitrogens with zero attached hydrogens (tertiary/aromatic N) is 3. The molecule has 1 N–H and O–H groups in total. The van der Waals surface area contributed by atoms with E-state index in [2.05, 4.69) is 15.1 Å². The first-order valence-electron chi connectivity index (χ1n) is 6.58. The van der Waals surface area contributed by atoms with Crippen molar-refractivity contribution in [2.75, 3.05) is 0 Å². The molecule has 0 aliphatic rings. The Hall–Kier alpha value is -2.95. The topological polar surface area (TPSA) is 63.0 Å². The predicted molar refractivity (Wildman–Crippen MR) is 82.6 cm³/mol. The molecule has 21 heavy (non-hydrogen) atoms. The van der Waals surface area contributed by atoms with Crippen LogP contribution in [-0.2, 0) is 0 Å². The Balaban J connectivity index is 2.00. The van der Waals surface area contributed by atoms with Crippen molar-refractivity contribution in [3.63, 3.8) is 0 Å². The molecule has 3 rings (SSSR count). The maximum atomic E-state index is 12.4. The number of pyridine rings is 1. The highest BCUT2D eigenvalue weighted by Crippen LogP contribution is 2.08. The summed E-state index contributed by atoms with van der Waals surface area (Å²) < 4.78 is 1.51. The Morgan fingerprint density at radius 1 is 1.14 bits per heavy atom. The van der Waals surface area contributed by atoms with Crippen molar-refractivity contribution in [2.24, 2.45) is 4.99 Å². The second-order valence-corrected chi connectivity index (χ2v) is 4.57. The number of aryl methyl sites for hydroxylation is 1. The first-order chi connectivity index (χ1) is 10.3. The van der Waals surface area contributed by atoms with Gasteiger partial charge >= 0.3 is 0 Å². The second kappa shape index (κ2) is 5.58. The van der Waals surface area contributed by atoms with E-state index in [0.717, 1.165) is 11.4 Å². The zero-order valence-corrected chi connectivity index (χ0v) is 11.5. The van der Waals surface area contributed by atoms with Crippen LogP contribution in [0.3, 0.4) is 0 Å². The molecule has 0 bridgehead atoms. The van der Waals surface area contributed by atoms with Crippen LogP contribution in [0.2, 0.25) is 0 Å². The first kappa shape index (κ1) is 13.1. The summed E-state index contributed by atoms with van der Waals surface area (Å²) in [6, 6.07) is 14.9. The molecule has 104 valence electrons. The number of aliphatic imine (C=N–C) groups is 1. The molecule has 0 radical (unpaired) electrons. The minimum absolute atomic E-state index is 0.126. The number of hydrogen-bond donors (Lipinski definition) is 1. The zero-order valence-electron chi connectivity index (χ0n) is 11.5. The van der Waals surface area contributed by atoms with Crippen LogP contribution in [0.1, 0.15) is 11.3 Å². The Kier molecular flexibility index (Phi) is 3.47. The Morgan fingerprint density at radius 3 is 2.62 bits per heavy atom. The standard InChI is InChI=1S/C16H14N4O/c1-12-14(11-18-15-9-5-6-10-17-15)16(21)20(19-12)13-7-3-2-4-8-13/h2-11,19H,1H3. The van der Waals surface area contributed by atoms with Gasteiger partial charge < -0.3 is 0 Å². The van der Waals surface area contributed by atoms with Crippen molar-refractivity contribution in [1.29, 1.82) is 0 Å². The minimum Gasteiger partial charge on any atom is -0.295 e. The highest BCUT2D eigenvalue weighted by atomic mass is 16.1. The lowest BCUT2D eigenvalue weighted by Crippen LogP contribution is -2.17.